The largest absolute Gasteiger partial charge is 0.492 e. The summed E-state index contributed by atoms with van der Waals surface area (Å²) in [7, 11) is 1.92. The second-order valence-electron chi connectivity index (χ2n) is 5.53. The molecule has 2 aromatic rings. The van der Waals surface area contributed by atoms with Crippen LogP contribution < -0.4 is 9.64 Å². The third kappa shape index (κ3) is 5.56. The number of carbonyl (C=O) groups is 1. The van der Waals surface area contributed by atoms with Gasteiger partial charge in [-0.05, 0) is 31.3 Å². The van der Waals surface area contributed by atoms with Crippen molar-refractivity contribution in [2.75, 3.05) is 38.2 Å². The van der Waals surface area contributed by atoms with Crippen LogP contribution in [-0.2, 0) is 4.79 Å². The van der Waals surface area contributed by atoms with E-state index in [2.05, 4.69) is 6.58 Å². The first-order chi connectivity index (χ1) is 11.7. The Balaban J connectivity index is 1.83. The lowest BCUT2D eigenvalue weighted by Crippen LogP contribution is -2.40. The number of anilines is 1. The highest BCUT2D eigenvalue weighted by molar-refractivity contribution is 5.95. The number of likely N-dealkylation sites (N-methyl/N-ethyl adjacent to an activating group) is 1. The first-order valence-corrected chi connectivity index (χ1v) is 8.03. The Morgan fingerprint density at radius 1 is 1.08 bits per heavy atom. The van der Waals surface area contributed by atoms with Gasteiger partial charge in [-0.15, -0.1) is 6.58 Å². The number of hydrogen-bond donors (Lipinski definition) is 0. The summed E-state index contributed by atoms with van der Waals surface area (Å²) in [5, 5.41) is 0. The van der Waals surface area contributed by atoms with Crippen molar-refractivity contribution in [3.8, 4) is 5.75 Å². The van der Waals surface area contributed by atoms with Crippen molar-refractivity contribution in [3.63, 3.8) is 0 Å². The summed E-state index contributed by atoms with van der Waals surface area (Å²) in [5.74, 6) is 0.887. The van der Waals surface area contributed by atoms with Gasteiger partial charge in [-0.25, -0.2) is 0 Å². The molecule has 0 unspecified atom stereocenters. The van der Waals surface area contributed by atoms with Crippen molar-refractivity contribution < 1.29 is 9.53 Å². The Kier molecular flexibility index (Phi) is 7.05. The second-order valence-corrected chi connectivity index (χ2v) is 5.53. The predicted octanol–water partition coefficient (Wildman–Crippen LogP) is 3.22. The fraction of sp³-hybridized carbons (Fsp3) is 0.250. The topological polar surface area (TPSA) is 32.8 Å². The second kappa shape index (κ2) is 9.53. The van der Waals surface area contributed by atoms with Crippen LogP contribution in [0.4, 0.5) is 5.69 Å². The zero-order valence-electron chi connectivity index (χ0n) is 14.1. The highest BCUT2D eigenvalue weighted by Gasteiger charge is 2.16. The maximum Gasteiger partial charge on any atom is 0.241 e. The summed E-state index contributed by atoms with van der Waals surface area (Å²) < 4.78 is 5.67. The van der Waals surface area contributed by atoms with Gasteiger partial charge in [0.25, 0.3) is 0 Å². The Bertz CT molecular complexity index is 629. The number of nitrogens with zero attached hydrogens (tertiary/aromatic N) is 2. The van der Waals surface area contributed by atoms with E-state index in [1.165, 1.54) is 0 Å². The molecule has 0 saturated carbocycles. The van der Waals surface area contributed by atoms with Crippen LogP contribution >= 0.6 is 0 Å². The number of benzene rings is 2. The molecule has 0 radical (unpaired) electrons. The molecule has 0 heterocycles. The molecule has 2 rings (SSSR count). The van der Waals surface area contributed by atoms with Crippen molar-refractivity contribution in [3.05, 3.63) is 73.3 Å². The molecule has 0 fully saturated rings. The minimum Gasteiger partial charge on any atom is -0.492 e. The first kappa shape index (κ1) is 17.8. The first-order valence-electron chi connectivity index (χ1n) is 8.03. The molecule has 0 atom stereocenters. The highest BCUT2D eigenvalue weighted by Crippen LogP contribution is 2.13. The quantitative estimate of drug-likeness (QED) is 0.664. The van der Waals surface area contributed by atoms with E-state index in [1.54, 1.807) is 11.0 Å². The van der Waals surface area contributed by atoms with E-state index in [1.807, 2.05) is 72.6 Å². The smallest absolute Gasteiger partial charge is 0.241 e. The van der Waals surface area contributed by atoms with Gasteiger partial charge in [-0.3, -0.25) is 9.69 Å². The maximum absolute atomic E-state index is 12.6. The van der Waals surface area contributed by atoms with Gasteiger partial charge in [-0.2, -0.15) is 0 Å². The monoisotopic (exact) mass is 324 g/mol. The molecule has 4 nitrogen and oxygen atoms in total. The van der Waals surface area contributed by atoms with Gasteiger partial charge in [-0.1, -0.05) is 42.5 Å². The fourth-order valence-electron chi connectivity index (χ4n) is 2.32. The summed E-state index contributed by atoms with van der Waals surface area (Å²) in [6.45, 7) is 5.79. The van der Waals surface area contributed by atoms with E-state index in [4.69, 9.17) is 4.74 Å². The SMILES string of the molecule is C=CCN(C(=O)CN(C)CCOc1ccccc1)c1ccccc1. The third-order valence-corrected chi connectivity index (χ3v) is 3.57. The van der Waals surface area contributed by atoms with Gasteiger partial charge in [0.15, 0.2) is 0 Å². The van der Waals surface area contributed by atoms with Crippen molar-refractivity contribution in [1.29, 1.82) is 0 Å². The standard InChI is InChI=1S/C20H24N2O2/c1-3-14-22(18-10-6-4-7-11-18)20(23)17-21(2)15-16-24-19-12-8-5-9-13-19/h3-13H,1,14-17H2,2H3. The lowest BCUT2D eigenvalue weighted by atomic mass is 10.2. The van der Waals surface area contributed by atoms with Gasteiger partial charge in [0.05, 0.1) is 6.54 Å². The van der Waals surface area contributed by atoms with E-state index < -0.39 is 0 Å². The van der Waals surface area contributed by atoms with Gasteiger partial charge < -0.3 is 9.64 Å². The van der Waals surface area contributed by atoms with E-state index in [9.17, 15) is 4.79 Å². The Morgan fingerprint density at radius 2 is 1.71 bits per heavy atom. The number of para-hydroxylation sites is 2. The van der Waals surface area contributed by atoms with Gasteiger partial charge in [0, 0.05) is 18.8 Å². The lowest BCUT2D eigenvalue weighted by Gasteiger charge is -2.24. The summed E-state index contributed by atoms with van der Waals surface area (Å²) in [6.07, 6.45) is 1.74. The molecule has 0 aliphatic carbocycles. The van der Waals surface area contributed by atoms with Gasteiger partial charge >= 0.3 is 0 Å². The Labute approximate surface area is 144 Å². The number of amides is 1. The molecule has 0 spiro atoms. The minimum atomic E-state index is 0.0447. The highest BCUT2D eigenvalue weighted by atomic mass is 16.5. The van der Waals surface area contributed by atoms with Crippen LogP contribution in [0.2, 0.25) is 0 Å². The lowest BCUT2D eigenvalue weighted by molar-refractivity contribution is -0.119. The summed E-state index contributed by atoms with van der Waals surface area (Å²) in [5.41, 5.74) is 0.885. The summed E-state index contributed by atoms with van der Waals surface area (Å²) in [6, 6.07) is 19.3. The minimum absolute atomic E-state index is 0.0447. The van der Waals surface area contributed by atoms with E-state index in [-0.39, 0.29) is 5.91 Å². The molecular weight excluding hydrogens is 300 g/mol. The molecule has 4 heteroatoms. The molecule has 24 heavy (non-hydrogen) atoms. The third-order valence-electron chi connectivity index (χ3n) is 3.57. The van der Waals surface area contributed by atoms with Crippen LogP contribution in [0.5, 0.6) is 5.75 Å². The van der Waals surface area contributed by atoms with Gasteiger partial charge in [0.1, 0.15) is 12.4 Å². The molecule has 1 amide bonds. The molecule has 0 bridgehead atoms. The molecule has 0 aliphatic heterocycles. The van der Waals surface area contributed by atoms with E-state index in [0.29, 0.717) is 26.2 Å². The van der Waals surface area contributed by atoms with Crippen LogP contribution in [0.25, 0.3) is 0 Å². The van der Waals surface area contributed by atoms with Crippen molar-refractivity contribution in [1.82, 2.24) is 4.90 Å². The van der Waals surface area contributed by atoms with Crippen LogP contribution in [0.15, 0.2) is 73.3 Å². The van der Waals surface area contributed by atoms with Crippen molar-refractivity contribution in [2.24, 2.45) is 0 Å². The van der Waals surface area contributed by atoms with Gasteiger partial charge in [0.2, 0.25) is 5.91 Å². The summed E-state index contributed by atoms with van der Waals surface area (Å²) in [4.78, 5) is 16.3. The van der Waals surface area contributed by atoms with Crippen LogP contribution in [0.3, 0.4) is 0 Å². The summed E-state index contributed by atoms with van der Waals surface area (Å²) >= 11 is 0. The maximum atomic E-state index is 12.6. The number of carbonyl (C=O) groups excluding carboxylic acids is 1. The molecule has 0 saturated heterocycles. The number of ether oxygens (including phenoxy) is 1. The van der Waals surface area contributed by atoms with Crippen LogP contribution in [0, 0.1) is 0 Å². The average molecular weight is 324 g/mol. The average Bonchev–Trinajstić information content (AvgIpc) is 2.61. The number of rotatable bonds is 9. The van der Waals surface area contributed by atoms with Crippen molar-refractivity contribution >= 4 is 11.6 Å². The van der Waals surface area contributed by atoms with Crippen molar-refractivity contribution in [2.45, 2.75) is 0 Å². The zero-order chi connectivity index (χ0) is 17.2. The molecule has 126 valence electrons. The Hall–Kier alpha value is -2.59. The van der Waals surface area contributed by atoms with Crippen LogP contribution in [0.1, 0.15) is 0 Å². The fourth-order valence-corrected chi connectivity index (χ4v) is 2.32. The molecule has 0 aromatic heterocycles. The normalized spacial score (nSPS) is 10.4. The van der Waals surface area contributed by atoms with Crippen LogP contribution in [-0.4, -0.2) is 44.1 Å². The molecule has 2 aromatic carbocycles. The van der Waals surface area contributed by atoms with E-state index in [0.717, 1.165) is 11.4 Å². The Morgan fingerprint density at radius 3 is 2.33 bits per heavy atom. The number of hydrogen-bond acceptors (Lipinski definition) is 3. The molecule has 0 N–H and O–H groups in total. The molecular formula is C20H24N2O2. The predicted molar refractivity (Wildman–Crippen MR) is 98.4 cm³/mol. The molecule has 0 aliphatic rings. The van der Waals surface area contributed by atoms with E-state index >= 15 is 0 Å². The zero-order valence-corrected chi connectivity index (χ0v) is 14.1.